The van der Waals surface area contributed by atoms with Gasteiger partial charge in [-0.1, -0.05) is 12.8 Å². The Kier molecular flexibility index (Phi) is 2.78. The molecule has 16 heavy (non-hydrogen) atoms. The zero-order valence-corrected chi connectivity index (χ0v) is 10.6. The molecule has 92 valence electrons. The van der Waals surface area contributed by atoms with Crippen molar-refractivity contribution in [1.29, 1.82) is 0 Å². The largest absolute Gasteiger partial charge is 0.330 e. The maximum absolute atomic E-state index is 5.79. The fourth-order valence-corrected chi connectivity index (χ4v) is 5.12. The summed E-state index contributed by atoms with van der Waals surface area (Å²) in [5, 5.41) is 0. The Hall–Kier alpha value is -0.0400. The van der Waals surface area contributed by atoms with E-state index in [0.29, 0.717) is 5.41 Å². The number of hydrogen-bond acceptors (Lipinski definition) is 1. The van der Waals surface area contributed by atoms with Crippen LogP contribution in [0.3, 0.4) is 0 Å². The zero-order chi connectivity index (χ0) is 11.1. The van der Waals surface area contributed by atoms with E-state index >= 15 is 0 Å². The minimum Gasteiger partial charge on any atom is -0.330 e. The molecule has 0 spiro atoms. The van der Waals surface area contributed by atoms with Crippen LogP contribution in [-0.4, -0.2) is 6.54 Å². The Balaban J connectivity index is 1.70. The Morgan fingerprint density at radius 2 is 1.44 bits per heavy atom. The topological polar surface area (TPSA) is 26.0 Å². The van der Waals surface area contributed by atoms with Gasteiger partial charge in [-0.3, -0.25) is 0 Å². The Bertz CT molecular complexity index is 228. The van der Waals surface area contributed by atoms with E-state index in [1.165, 1.54) is 57.8 Å². The third kappa shape index (κ3) is 1.63. The second-order valence-corrected chi connectivity index (χ2v) is 6.88. The fraction of sp³-hybridized carbons (Fsp3) is 1.00. The molecule has 1 heteroatoms. The first kappa shape index (κ1) is 11.1. The molecule has 0 heterocycles. The summed E-state index contributed by atoms with van der Waals surface area (Å²) >= 11 is 0. The van der Waals surface area contributed by atoms with Gasteiger partial charge < -0.3 is 5.73 Å². The van der Waals surface area contributed by atoms with Crippen molar-refractivity contribution < 1.29 is 0 Å². The van der Waals surface area contributed by atoms with Crippen LogP contribution in [0, 0.1) is 16.7 Å². The molecule has 0 atom stereocenters. The van der Waals surface area contributed by atoms with E-state index < -0.39 is 0 Å². The van der Waals surface area contributed by atoms with Gasteiger partial charge in [-0.2, -0.15) is 0 Å². The summed E-state index contributed by atoms with van der Waals surface area (Å²) in [6, 6.07) is 0. The van der Waals surface area contributed by atoms with Gasteiger partial charge in [-0.05, 0) is 81.1 Å². The highest BCUT2D eigenvalue weighted by Crippen LogP contribution is 2.63. The van der Waals surface area contributed by atoms with Crippen LogP contribution >= 0.6 is 0 Å². The fourth-order valence-electron chi connectivity index (χ4n) is 5.12. The Labute approximate surface area is 100 Å². The van der Waals surface area contributed by atoms with E-state index in [-0.39, 0.29) is 0 Å². The summed E-state index contributed by atoms with van der Waals surface area (Å²) < 4.78 is 0. The Morgan fingerprint density at radius 1 is 0.875 bits per heavy atom. The second kappa shape index (κ2) is 4.01. The highest BCUT2D eigenvalue weighted by Gasteiger charge is 2.51. The molecule has 4 saturated carbocycles. The van der Waals surface area contributed by atoms with E-state index in [1.807, 2.05) is 0 Å². The molecule has 2 N–H and O–H groups in total. The van der Waals surface area contributed by atoms with Gasteiger partial charge in [-0.15, -0.1) is 0 Å². The lowest BCUT2D eigenvalue weighted by Gasteiger charge is -2.56. The van der Waals surface area contributed by atoms with Gasteiger partial charge >= 0.3 is 0 Å². The van der Waals surface area contributed by atoms with Crippen molar-refractivity contribution in [2.24, 2.45) is 22.5 Å². The summed E-state index contributed by atoms with van der Waals surface area (Å²) in [6.07, 6.45) is 16.5. The smallest absolute Gasteiger partial charge is 0.00720 e. The molecule has 0 amide bonds. The van der Waals surface area contributed by atoms with Crippen LogP contribution in [-0.2, 0) is 0 Å². The van der Waals surface area contributed by atoms with Crippen LogP contribution in [0.1, 0.15) is 70.6 Å². The van der Waals surface area contributed by atoms with Gasteiger partial charge in [0.05, 0.1) is 0 Å². The number of rotatable bonds is 3. The second-order valence-electron chi connectivity index (χ2n) is 6.88. The summed E-state index contributed by atoms with van der Waals surface area (Å²) in [6.45, 7) is 0.913. The van der Waals surface area contributed by atoms with Crippen molar-refractivity contribution in [2.75, 3.05) is 6.54 Å². The van der Waals surface area contributed by atoms with E-state index in [9.17, 15) is 0 Å². The summed E-state index contributed by atoms with van der Waals surface area (Å²) in [5.41, 5.74) is 7.28. The summed E-state index contributed by atoms with van der Waals surface area (Å²) in [5.74, 6) is 1.10. The van der Waals surface area contributed by atoms with Crippen LogP contribution in [0.5, 0.6) is 0 Å². The lowest BCUT2D eigenvalue weighted by Crippen LogP contribution is -2.45. The zero-order valence-electron chi connectivity index (χ0n) is 10.6. The molecule has 0 aromatic rings. The van der Waals surface area contributed by atoms with Crippen LogP contribution in [0.15, 0.2) is 0 Å². The summed E-state index contributed by atoms with van der Waals surface area (Å²) in [7, 11) is 0. The van der Waals surface area contributed by atoms with Crippen molar-refractivity contribution >= 4 is 0 Å². The highest BCUT2D eigenvalue weighted by molar-refractivity contribution is 5.02. The lowest BCUT2D eigenvalue weighted by atomic mass is 9.49. The van der Waals surface area contributed by atoms with Gasteiger partial charge in [-0.25, -0.2) is 0 Å². The number of fused-ring (bicyclic) bond motifs is 3. The number of hydrogen-bond donors (Lipinski definition) is 1. The third-order valence-electron chi connectivity index (χ3n) is 6.36. The van der Waals surface area contributed by atoms with Gasteiger partial charge in [0.1, 0.15) is 0 Å². The quantitative estimate of drug-likeness (QED) is 0.769. The minimum absolute atomic E-state index is 0.690. The molecule has 1 nitrogen and oxygen atoms in total. The van der Waals surface area contributed by atoms with Crippen LogP contribution < -0.4 is 5.73 Å². The molecular weight excluding hydrogens is 194 g/mol. The number of nitrogens with two attached hydrogens (primary N) is 1. The molecule has 4 aliphatic rings. The average molecular weight is 221 g/mol. The molecule has 0 aromatic carbocycles. The molecule has 2 bridgehead atoms. The van der Waals surface area contributed by atoms with Gasteiger partial charge in [0, 0.05) is 0 Å². The minimum atomic E-state index is 0.690. The monoisotopic (exact) mass is 221 g/mol. The third-order valence-corrected chi connectivity index (χ3v) is 6.36. The lowest BCUT2D eigenvalue weighted by molar-refractivity contribution is -0.0488. The molecule has 0 saturated heterocycles. The Morgan fingerprint density at radius 3 is 1.94 bits per heavy atom. The molecular formula is C15H27N. The van der Waals surface area contributed by atoms with Crippen LogP contribution in [0.25, 0.3) is 0 Å². The van der Waals surface area contributed by atoms with Gasteiger partial charge in [0.15, 0.2) is 0 Å². The highest BCUT2D eigenvalue weighted by atomic mass is 14.6. The SMILES string of the molecule is NCCC12CCC(C3CCCC3)(CC1)CC2. The molecule has 0 radical (unpaired) electrons. The van der Waals surface area contributed by atoms with E-state index in [0.717, 1.165) is 17.9 Å². The standard InChI is InChI=1S/C15H27N/c16-12-11-14-5-8-15(9-6-14,10-7-14)13-3-1-2-4-13/h13H,1-12,16H2. The van der Waals surface area contributed by atoms with Crippen LogP contribution in [0.2, 0.25) is 0 Å². The van der Waals surface area contributed by atoms with Crippen molar-refractivity contribution in [3.05, 3.63) is 0 Å². The van der Waals surface area contributed by atoms with Gasteiger partial charge in [0.25, 0.3) is 0 Å². The van der Waals surface area contributed by atoms with Gasteiger partial charge in [0.2, 0.25) is 0 Å². The molecule has 0 aromatic heterocycles. The molecule has 4 rings (SSSR count). The van der Waals surface area contributed by atoms with E-state index in [2.05, 4.69) is 0 Å². The predicted molar refractivity (Wildman–Crippen MR) is 68.2 cm³/mol. The van der Waals surface area contributed by atoms with Crippen molar-refractivity contribution in [3.63, 3.8) is 0 Å². The molecule has 4 fully saturated rings. The first-order valence-electron chi connectivity index (χ1n) is 7.49. The maximum atomic E-state index is 5.79. The normalized spacial score (nSPS) is 44.1. The van der Waals surface area contributed by atoms with Crippen LogP contribution in [0.4, 0.5) is 0 Å². The molecule has 0 unspecified atom stereocenters. The molecule has 4 aliphatic carbocycles. The van der Waals surface area contributed by atoms with Crippen molar-refractivity contribution in [3.8, 4) is 0 Å². The van der Waals surface area contributed by atoms with E-state index in [1.54, 1.807) is 12.8 Å². The molecule has 0 aliphatic heterocycles. The van der Waals surface area contributed by atoms with Crippen molar-refractivity contribution in [1.82, 2.24) is 0 Å². The average Bonchev–Trinajstić information content (AvgIpc) is 2.86. The first-order valence-corrected chi connectivity index (χ1v) is 7.49. The van der Waals surface area contributed by atoms with Crippen molar-refractivity contribution in [2.45, 2.75) is 70.6 Å². The predicted octanol–water partition coefficient (Wildman–Crippen LogP) is 3.87. The van der Waals surface area contributed by atoms with E-state index in [4.69, 9.17) is 5.73 Å². The maximum Gasteiger partial charge on any atom is -0.00720 e. The first-order chi connectivity index (χ1) is 7.79. The summed E-state index contributed by atoms with van der Waals surface area (Å²) in [4.78, 5) is 0.